The molecule has 0 aromatic heterocycles. The molecule has 0 unspecified atom stereocenters. The highest BCUT2D eigenvalue weighted by molar-refractivity contribution is 5.73. The molecule has 0 heterocycles. The minimum atomic E-state index is -0.483. The van der Waals surface area contributed by atoms with Crippen LogP contribution < -0.4 is 0 Å². The Kier molecular flexibility index (Phi) is 3.94. The molecule has 0 N–H and O–H groups in total. The fourth-order valence-electron chi connectivity index (χ4n) is 0.237. The van der Waals surface area contributed by atoms with Crippen LogP contribution in [0.3, 0.4) is 0 Å². The Hall–Kier alpha value is -0.790. The number of ether oxygens (including phenoxy) is 1. The number of hydrogen-bond donors (Lipinski definition) is 0. The first-order valence-corrected chi connectivity index (χ1v) is 2.37. The average Bonchev–Trinajstić information content (AvgIpc) is 1.66. The summed E-state index contributed by atoms with van der Waals surface area (Å²) in [6, 6.07) is 0. The van der Waals surface area contributed by atoms with E-state index in [0.717, 1.165) is 0 Å². The zero-order chi connectivity index (χ0) is 6.41. The summed E-state index contributed by atoms with van der Waals surface area (Å²) in [5.41, 5.74) is 0. The zero-order valence-corrected chi connectivity index (χ0v) is 4.89. The van der Waals surface area contributed by atoms with Crippen LogP contribution in [0.4, 0.5) is 0 Å². The van der Waals surface area contributed by atoms with Crippen LogP contribution in [-0.4, -0.2) is 12.6 Å². The average molecular weight is 113 g/mol. The molecule has 0 aromatic carbocycles. The second kappa shape index (κ2) is 4.37. The molecule has 0 atom stereocenters. The molecule has 1 radical (unpaired) electrons. The van der Waals surface area contributed by atoms with Gasteiger partial charge in [0.25, 0.3) is 0 Å². The summed E-state index contributed by atoms with van der Waals surface area (Å²) < 4.78 is 4.45. The van der Waals surface area contributed by atoms with Gasteiger partial charge in [0.15, 0.2) is 0 Å². The van der Waals surface area contributed by atoms with Crippen LogP contribution in [0.15, 0.2) is 12.2 Å². The fraction of sp³-hybridized carbons (Fsp3) is 0.333. The topological polar surface area (TPSA) is 26.3 Å². The molecule has 0 aliphatic carbocycles. The molecule has 0 fully saturated rings. The minimum Gasteiger partial charge on any atom is -0.461 e. The third kappa shape index (κ3) is 5.21. The summed E-state index contributed by atoms with van der Waals surface area (Å²) >= 11 is 0. The summed E-state index contributed by atoms with van der Waals surface area (Å²) in [6.07, 6.45) is 3.55. The first kappa shape index (κ1) is 7.21. The highest BCUT2D eigenvalue weighted by Gasteiger charge is 1.84. The Labute approximate surface area is 49.1 Å². The number of hydrogen-bond acceptors (Lipinski definition) is 2. The van der Waals surface area contributed by atoms with Crippen LogP contribution in [0.25, 0.3) is 0 Å². The van der Waals surface area contributed by atoms with E-state index in [2.05, 4.69) is 11.7 Å². The summed E-state index contributed by atoms with van der Waals surface area (Å²) in [6.45, 7) is 5.21. The Morgan fingerprint density at radius 2 is 2.50 bits per heavy atom. The van der Waals surface area contributed by atoms with E-state index in [1.165, 1.54) is 0 Å². The lowest BCUT2D eigenvalue weighted by Gasteiger charge is -1.91. The number of rotatable bonds is 2. The highest BCUT2D eigenvalue weighted by atomic mass is 16.5. The third-order valence-electron chi connectivity index (χ3n) is 0.576. The van der Waals surface area contributed by atoms with Crippen LogP contribution in [0.1, 0.15) is 6.92 Å². The lowest BCUT2D eigenvalue weighted by atomic mass is 10.5. The number of carbonyl (C=O) groups excluding carboxylic acids is 1. The van der Waals surface area contributed by atoms with E-state index < -0.39 is 5.97 Å². The van der Waals surface area contributed by atoms with Gasteiger partial charge in [0.05, 0.1) is 6.92 Å². The summed E-state index contributed by atoms with van der Waals surface area (Å²) in [7, 11) is 0. The fourth-order valence-corrected chi connectivity index (χ4v) is 0.237. The largest absolute Gasteiger partial charge is 0.461 e. The van der Waals surface area contributed by atoms with Crippen LogP contribution >= 0.6 is 0 Å². The van der Waals surface area contributed by atoms with E-state index in [1.54, 1.807) is 6.08 Å². The van der Waals surface area contributed by atoms with Crippen LogP contribution in [0.2, 0.25) is 0 Å². The van der Waals surface area contributed by atoms with Gasteiger partial charge in [0.1, 0.15) is 6.61 Å². The lowest BCUT2D eigenvalue weighted by molar-refractivity contribution is -0.136. The van der Waals surface area contributed by atoms with Crippen molar-refractivity contribution < 1.29 is 9.53 Å². The van der Waals surface area contributed by atoms with Crippen molar-refractivity contribution in [2.75, 3.05) is 6.61 Å². The van der Waals surface area contributed by atoms with E-state index in [4.69, 9.17) is 0 Å². The van der Waals surface area contributed by atoms with E-state index in [9.17, 15) is 4.79 Å². The van der Waals surface area contributed by atoms with Crippen molar-refractivity contribution in [3.63, 3.8) is 0 Å². The summed E-state index contributed by atoms with van der Waals surface area (Å²) in [5, 5.41) is 0. The molecular formula is C6H9O2. The van der Waals surface area contributed by atoms with Gasteiger partial charge >= 0.3 is 5.97 Å². The van der Waals surface area contributed by atoms with Crippen LogP contribution in [0.5, 0.6) is 0 Å². The number of esters is 1. The first-order chi connectivity index (χ1) is 3.77. The van der Waals surface area contributed by atoms with Crippen LogP contribution in [0, 0.1) is 6.92 Å². The molecule has 45 valence electrons. The summed E-state index contributed by atoms with van der Waals surface area (Å²) in [5.74, 6) is -0.483. The van der Waals surface area contributed by atoms with Crippen molar-refractivity contribution in [3.05, 3.63) is 19.1 Å². The maximum absolute atomic E-state index is 9.95. The predicted octanol–water partition coefficient (Wildman–Crippen LogP) is 0.940. The maximum atomic E-state index is 9.95. The molecule has 8 heavy (non-hydrogen) atoms. The minimum absolute atomic E-state index is 0.332. The van der Waals surface area contributed by atoms with E-state index in [-0.39, 0.29) is 0 Å². The molecule has 0 aliphatic rings. The maximum Gasteiger partial charge on any atom is 0.306 e. The Bertz CT molecular complexity index is 94.7. The Balaban J connectivity index is 3.05. The quantitative estimate of drug-likeness (QED) is 0.393. The van der Waals surface area contributed by atoms with Gasteiger partial charge in [-0.15, -0.1) is 0 Å². The smallest absolute Gasteiger partial charge is 0.306 e. The third-order valence-corrected chi connectivity index (χ3v) is 0.576. The van der Waals surface area contributed by atoms with Gasteiger partial charge in [-0.1, -0.05) is 12.2 Å². The highest BCUT2D eigenvalue weighted by Crippen LogP contribution is 1.76. The number of carbonyl (C=O) groups is 1. The van der Waals surface area contributed by atoms with Gasteiger partial charge in [0, 0.05) is 0 Å². The van der Waals surface area contributed by atoms with Crippen molar-refractivity contribution in [2.45, 2.75) is 6.92 Å². The molecule has 0 saturated heterocycles. The van der Waals surface area contributed by atoms with Crippen molar-refractivity contribution in [3.8, 4) is 0 Å². The van der Waals surface area contributed by atoms with Gasteiger partial charge < -0.3 is 4.74 Å². The second-order valence-corrected chi connectivity index (χ2v) is 1.25. The predicted molar refractivity (Wildman–Crippen MR) is 31.1 cm³/mol. The van der Waals surface area contributed by atoms with Gasteiger partial charge in [0.2, 0.25) is 0 Å². The molecule has 0 amide bonds. The van der Waals surface area contributed by atoms with E-state index in [0.29, 0.717) is 6.61 Å². The normalized spacial score (nSPS) is 9.75. The molecule has 2 nitrogen and oxygen atoms in total. The Morgan fingerprint density at radius 1 is 1.88 bits per heavy atom. The van der Waals surface area contributed by atoms with Crippen molar-refractivity contribution in [1.82, 2.24) is 0 Å². The van der Waals surface area contributed by atoms with E-state index >= 15 is 0 Å². The Morgan fingerprint density at radius 3 is 2.88 bits per heavy atom. The molecular weight excluding hydrogens is 104 g/mol. The lowest BCUT2D eigenvalue weighted by Crippen LogP contribution is -1.97. The van der Waals surface area contributed by atoms with Crippen molar-refractivity contribution in [2.24, 2.45) is 0 Å². The van der Waals surface area contributed by atoms with Crippen LogP contribution in [-0.2, 0) is 9.53 Å². The van der Waals surface area contributed by atoms with Gasteiger partial charge in [-0.3, -0.25) is 4.79 Å². The van der Waals surface area contributed by atoms with Crippen molar-refractivity contribution >= 4 is 5.97 Å². The van der Waals surface area contributed by atoms with Gasteiger partial charge in [-0.25, -0.2) is 0 Å². The molecule has 0 spiro atoms. The SMILES string of the molecule is [CH2]C(=O)OCC=CC. The van der Waals surface area contributed by atoms with Gasteiger partial charge in [-0.05, 0) is 6.92 Å². The monoisotopic (exact) mass is 113 g/mol. The molecule has 0 rings (SSSR count). The second-order valence-electron chi connectivity index (χ2n) is 1.25. The molecule has 0 saturated carbocycles. The van der Waals surface area contributed by atoms with Crippen molar-refractivity contribution in [1.29, 1.82) is 0 Å². The molecule has 0 aliphatic heterocycles. The zero-order valence-electron chi connectivity index (χ0n) is 4.89. The van der Waals surface area contributed by atoms with Gasteiger partial charge in [-0.2, -0.15) is 0 Å². The standard InChI is InChI=1S/C6H9O2/c1-3-4-5-8-6(2)7/h3-4H,2,5H2,1H3. The molecule has 2 heteroatoms. The molecule has 0 aromatic rings. The first-order valence-electron chi connectivity index (χ1n) is 2.37. The molecule has 0 bridgehead atoms. The number of allylic oxidation sites excluding steroid dienone is 1. The summed E-state index contributed by atoms with van der Waals surface area (Å²) in [4.78, 5) is 9.95. The van der Waals surface area contributed by atoms with E-state index in [1.807, 2.05) is 13.0 Å².